The Balaban J connectivity index is 2.50. The molecule has 2 amide bonds. The lowest BCUT2D eigenvalue weighted by Gasteiger charge is -2.19. The molecule has 1 saturated heterocycles. The van der Waals surface area contributed by atoms with Gasteiger partial charge in [-0.15, -0.1) is 0 Å². The molecule has 1 aliphatic rings. The van der Waals surface area contributed by atoms with Crippen molar-refractivity contribution >= 4 is 33.4 Å². The molecule has 0 spiro atoms. The number of aryl methyl sites for hydroxylation is 2. The van der Waals surface area contributed by atoms with Crippen LogP contribution >= 0.6 is 15.9 Å². The second-order valence-corrected chi connectivity index (χ2v) is 6.28. The van der Waals surface area contributed by atoms with Gasteiger partial charge in [-0.1, -0.05) is 29.8 Å². The van der Waals surface area contributed by atoms with Crippen molar-refractivity contribution in [2.75, 3.05) is 4.90 Å². The van der Waals surface area contributed by atoms with Crippen molar-refractivity contribution in [1.29, 1.82) is 0 Å². The third-order valence-corrected chi connectivity index (χ3v) is 4.55. The zero-order chi connectivity index (χ0) is 13.7. The number of amides is 2. The number of imide groups is 1. The molecule has 96 valence electrons. The SMILES string of the molecule is Cc1cc(N2C(=O)CC(C)(C)C2=O)cc(C)c1Br. The van der Waals surface area contributed by atoms with Gasteiger partial charge >= 0.3 is 0 Å². The van der Waals surface area contributed by atoms with Crippen molar-refractivity contribution in [1.82, 2.24) is 0 Å². The van der Waals surface area contributed by atoms with Crippen LogP contribution in [-0.2, 0) is 9.59 Å². The number of rotatable bonds is 1. The fourth-order valence-electron chi connectivity index (χ4n) is 2.26. The summed E-state index contributed by atoms with van der Waals surface area (Å²) in [6.45, 7) is 7.53. The summed E-state index contributed by atoms with van der Waals surface area (Å²) in [5.74, 6) is -0.236. The van der Waals surface area contributed by atoms with E-state index in [1.807, 2.05) is 39.8 Å². The number of hydrogen-bond donors (Lipinski definition) is 0. The first-order valence-corrected chi connectivity index (χ1v) is 6.67. The number of carbonyl (C=O) groups is 2. The first-order valence-electron chi connectivity index (χ1n) is 5.88. The second kappa shape index (κ2) is 4.19. The minimum absolute atomic E-state index is 0.117. The maximum absolute atomic E-state index is 12.2. The van der Waals surface area contributed by atoms with E-state index in [-0.39, 0.29) is 18.2 Å². The summed E-state index contributed by atoms with van der Waals surface area (Å²) in [6.07, 6.45) is 0.278. The van der Waals surface area contributed by atoms with Crippen molar-refractivity contribution < 1.29 is 9.59 Å². The van der Waals surface area contributed by atoms with Crippen molar-refractivity contribution in [2.45, 2.75) is 34.1 Å². The van der Waals surface area contributed by atoms with E-state index < -0.39 is 5.41 Å². The van der Waals surface area contributed by atoms with Gasteiger partial charge in [-0.25, -0.2) is 0 Å². The van der Waals surface area contributed by atoms with Gasteiger partial charge in [0.15, 0.2) is 0 Å². The molecule has 0 radical (unpaired) electrons. The molecule has 0 aromatic heterocycles. The maximum Gasteiger partial charge on any atom is 0.239 e. The van der Waals surface area contributed by atoms with E-state index >= 15 is 0 Å². The van der Waals surface area contributed by atoms with Crippen LogP contribution in [0.15, 0.2) is 16.6 Å². The van der Waals surface area contributed by atoms with Crippen molar-refractivity contribution in [3.05, 3.63) is 27.7 Å². The Bertz CT molecular complexity index is 526. The van der Waals surface area contributed by atoms with Gasteiger partial charge in [0, 0.05) is 10.9 Å². The highest BCUT2D eigenvalue weighted by Crippen LogP contribution is 2.37. The third kappa shape index (κ3) is 1.99. The Kier molecular flexibility index (Phi) is 3.09. The molecule has 0 unspecified atom stereocenters. The molecular weight excluding hydrogens is 294 g/mol. The lowest BCUT2D eigenvalue weighted by molar-refractivity contribution is -0.124. The van der Waals surface area contributed by atoms with E-state index in [1.54, 1.807) is 0 Å². The monoisotopic (exact) mass is 309 g/mol. The summed E-state index contributed by atoms with van der Waals surface area (Å²) in [4.78, 5) is 25.6. The first-order chi connectivity index (χ1) is 8.24. The minimum Gasteiger partial charge on any atom is -0.274 e. The van der Waals surface area contributed by atoms with Crippen LogP contribution in [0.25, 0.3) is 0 Å². The maximum atomic E-state index is 12.2. The number of benzene rings is 1. The fourth-order valence-corrected chi connectivity index (χ4v) is 2.49. The summed E-state index contributed by atoms with van der Waals surface area (Å²) in [6, 6.07) is 3.74. The minimum atomic E-state index is -0.591. The van der Waals surface area contributed by atoms with Crippen LogP contribution in [0.1, 0.15) is 31.4 Å². The van der Waals surface area contributed by atoms with E-state index in [0.717, 1.165) is 15.6 Å². The number of anilines is 1. The summed E-state index contributed by atoms with van der Waals surface area (Å²) >= 11 is 3.49. The molecule has 0 saturated carbocycles. The molecule has 1 heterocycles. The molecule has 3 nitrogen and oxygen atoms in total. The van der Waals surface area contributed by atoms with Crippen molar-refractivity contribution in [3.63, 3.8) is 0 Å². The quantitative estimate of drug-likeness (QED) is 0.746. The highest BCUT2D eigenvalue weighted by molar-refractivity contribution is 9.10. The molecule has 4 heteroatoms. The first kappa shape index (κ1) is 13.3. The van der Waals surface area contributed by atoms with Crippen LogP contribution in [0, 0.1) is 19.3 Å². The van der Waals surface area contributed by atoms with Gasteiger partial charge in [0.25, 0.3) is 0 Å². The fraction of sp³-hybridized carbons (Fsp3) is 0.429. The standard InChI is InChI=1S/C14H16BrNO2/c1-8-5-10(6-9(2)12(8)15)16-11(17)7-14(3,4)13(16)18/h5-6H,7H2,1-4H3. The molecule has 1 aliphatic heterocycles. The van der Waals surface area contributed by atoms with Gasteiger partial charge in [-0.2, -0.15) is 0 Å². The number of carbonyl (C=O) groups excluding carboxylic acids is 2. The Hall–Kier alpha value is -1.16. The number of halogens is 1. The van der Waals surface area contributed by atoms with Crippen LogP contribution in [0.3, 0.4) is 0 Å². The molecular formula is C14H16BrNO2. The molecule has 0 N–H and O–H groups in total. The Labute approximate surface area is 115 Å². The number of hydrogen-bond acceptors (Lipinski definition) is 2. The van der Waals surface area contributed by atoms with Crippen LogP contribution in [0.2, 0.25) is 0 Å². The van der Waals surface area contributed by atoms with Gasteiger partial charge < -0.3 is 0 Å². The number of nitrogens with zero attached hydrogens (tertiary/aromatic N) is 1. The zero-order valence-corrected chi connectivity index (χ0v) is 12.6. The summed E-state index contributed by atoms with van der Waals surface area (Å²) in [5, 5.41) is 0. The van der Waals surface area contributed by atoms with Crippen LogP contribution in [0.4, 0.5) is 5.69 Å². The largest absolute Gasteiger partial charge is 0.274 e. The van der Waals surface area contributed by atoms with Crippen LogP contribution < -0.4 is 4.90 Å². The Morgan fingerprint density at radius 3 is 2.06 bits per heavy atom. The van der Waals surface area contributed by atoms with E-state index in [4.69, 9.17) is 0 Å². The molecule has 1 fully saturated rings. The van der Waals surface area contributed by atoms with Gasteiger partial charge in [-0.3, -0.25) is 14.5 Å². The zero-order valence-electron chi connectivity index (χ0n) is 11.0. The van der Waals surface area contributed by atoms with E-state index in [2.05, 4.69) is 15.9 Å². The van der Waals surface area contributed by atoms with Gasteiger partial charge in [0.2, 0.25) is 11.8 Å². The van der Waals surface area contributed by atoms with Crippen molar-refractivity contribution in [3.8, 4) is 0 Å². The third-order valence-electron chi connectivity index (χ3n) is 3.30. The smallest absolute Gasteiger partial charge is 0.239 e. The molecule has 0 aliphatic carbocycles. The summed E-state index contributed by atoms with van der Waals surface area (Å²) in [5.41, 5.74) is 2.13. The predicted octanol–water partition coefficient (Wildman–Crippen LogP) is 3.36. The molecule has 0 atom stereocenters. The van der Waals surface area contributed by atoms with E-state index in [1.165, 1.54) is 4.90 Å². The van der Waals surface area contributed by atoms with Gasteiger partial charge in [0.05, 0.1) is 11.1 Å². The predicted molar refractivity (Wildman–Crippen MR) is 74.5 cm³/mol. The average Bonchev–Trinajstić information content (AvgIpc) is 2.44. The highest BCUT2D eigenvalue weighted by Gasteiger charge is 2.45. The molecule has 0 bridgehead atoms. The van der Waals surface area contributed by atoms with Gasteiger partial charge in [-0.05, 0) is 37.1 Å². The molecule has 18 heavy (non-hydrogen) atoms. The molecule has 2 rings (SSSR count). The Morgan fingerprint density at radius 2 is 1.67 bits per heavy atom. The molecule has 1 aromatic carbocycles. The molecule has 1 aromatic rings. The summed E-state index contributed by atoms with van der Waals surface area (Å²) in [7, 11) is 0. The Morgan fingerprint density at radius 1 is 1.17 bits per heavy atom. The highest BCUT2D eigenvalue weighted by atomic mass is 79.9. The van der Waals surface area contributed by atoms with E-state index in [9.17, 15) is 9.59 Å². The lowest BCUT2D eigenvalue weighted by atomic mass is 9.92. The summed E-state index contributed by atoms with van der Waals surface area (Å²) < 4.78 is 1.02. The normalized spacial score (nSPS) is 18.6. The average molecular weight is 310 g/mol. The van der Waals surface area contributed by atoms with E-state index in [0.29, 0.717) is 5.69 Å². The second-order valence-electron chi connectivity index (χ2n) is 5.49. The van der Waals surface area contributed by atoms with Crippen LogP contribution in [0.5, 0.6) is 0 Å². The van der Waals surface area contributed by atoms with Gasteiger partial charge in [0.1, 0.15) is 0 Å². The van der Waals surface area contributed by atoms with Crippen molar-refractivity contribution in [2.24, 2.45) is 5.41 Å². The lowest BCUT2D eigenvalue weighted by Crippen LogP contribution is -2.33. The van der Waals surface area contributed by atoms with Crippen LogP contribution in [-0.4, -0.2) is 11.8 Å². The topological polar surface area (TPSA) is 37.4 Å².